The van der Waals surface area contributed by atoms with Crippen LogP contribution in [0.15, 0.2) is 90.0 Å². The van der Waals surface area contributed by atoms with Gasteiger partial charge in [-0.3, -0.25) is 0 Å². The monoisotopic (exact) mass is 513 g/mol. The maximum Gasteiger partial charge on any atom is 0.350 e. The molecule has 0 radical (unpaired) electrons. The van der Waals surface area contributed by atoms with Crippen molar-refractivity contribution in [2.75, 3.05) is 36.0 Å². The van der Waals surface area contributed by atoms with Crippen molar-refractivity contribution in [3.05, 3.63) is 101 Å². The van der Waals surface area contributed by atoms with Gasteiger partial charge < -0.3 is 19.6 Å². The molecule has 2 heterocycles. The number of nitrogens with zero attached hydrogens (tertiary/aromatic N) is 5. The Bertz CT molecular complexity index is 1340. The van der Waals surface area contributed by atoms with Crippen molar-refractivity contribution in [1.82, 2.24) is 14.3 Å². The summed E-state index contributed by atoms with van der Waals surface area (Å²) in [7, 11) is 0. The van der Waals surface area contributed by atoms with Crippen LogP contribution >= 0.6 is 0 Å². The zero-order valence-electron chi connectivity index (χ0n) is 21.8. The lowest BCUT2D eigenvalue weighted by atomic mass is 10.2. The Labute approximate surface area is 223 Å². The van der Waals surface area contributed by atoms with E-state index in [0.29, 0.717) is 13.2 Å². The number of benzene rings is 3. The molecule has 1 fully saturated rings. The summed E-state index contributed by atoms with van der Waals surface area (Å²) >= 11 is 0. The first-order valence-corrected chi connectivity index (χ1v) is 13.3. The Morgan fingerprint density at radius 1 is 0.842 bits per heavy atom. The highest BCUT2D eigenvalue weighted by Crippen LogP contribution is 2.23. The van der Waals surface area contributed by atoms with E-state index in [1.807, 2.05) is 54.6 Å². The number of phenolic OH excluding ortho intramolecular Hbond substituents is 1. The number of aromatic nitrogens is 3. The maximum atomic E-state index is 13.1. The van der Waals surface area contributed by atoms with Gasteiger partial charge in [0.15, 0.2) is 0 Å². The predicted octanol–water partition coefficient (Wildman–Crippen LogP) is 4.45. The van der Waals surface area contributed by atoms with E-state index in [2.05, 4.69) is 34.0 Å². The van der Waals surface area contributed by atoms with E-state index < -0.39 is 0 Å². The van der Waals surface area contributed by atoms with E-state index in [-0.39, 0.29) is 17.5 Å². The molecule has 1 saturated heterocycles. The first-order valence-electron chi connectivity index (χ1n) is 13.3. The summed E-state index contributed by atoms with van der Waals surface area (Å²) in [6.07, 6.45) is 3.35. The lowest BCUT2D eigenvalue weighted by Crippen LogP contribution is -2.46. The molecule has 4 aromatic rings. The summed E-state index contributed by atoms with van der Waals surface area (Å²) < 4.78 is 9.23. The summed E-state index contributed by atoms with van der Waals surface area (Å²) in [6.45, 7) is 6.68. The van der Waals surface area contributed by atoms with Gasteiger partial charge in [0.05, 0.1) is 24.9 Å². The van der Waals surface area contributed by atoms with Gasteiger partial charge in [-0.25, -0.2) is 14.0 Å². The van der Waals surface area contributed by atoms with Gasteiger partial charge in [0.1, 0.15) is 12.1 Å². The molecular formula is C30H35N5O3. The molecule has 0 bridgehead atoms. The predicted molar refractivity (Wildman–Crippen MR) is 150 cm³/mol. The third-order valence-electron chi connectivity index (χ3n) is 7.04. The van der Waals surface area contributed by atoms with Gasteiger partial charge in [-0.2, -0.15) is 5.10 Å². The van der Waals surface area contributed by atoms with E-state index >= 15 is 0 Å². The molecule has 1 aliphatic heterocycles. The second-order valence-corrected chi connectivity index (χ2v) is 9.68. The molecule has 1 aromatic heterocycles. The second kappa shape index (κ2) is 12.0. The molecular weight excluding hydrogens is 478 g/mol. The molecule has 3 aromatic carbocycles. The minimum atomic E-state index is -0.162. The molecule has 38 heavy (non-hydrogen) atoms. The van der Waals surface area contributed by atoms with Crippen LogP contribution in [-0.4, -0.2) is 51.7 Å². The van der Waals surface area contributed by atoms with Crippen molar-refractivity contribution in [3.8, 4) is 11.4 Å². The second-order valence-electron chi connectivity index (χ2n) is 9.68. The Kier molecular flexibility index (Phi) is 8.09. The SMILES string of the molecule is CCCC(Cn1ncn(-c2ccc(N3CCN(c4ccc(O)cc4)CC3)cc2)c1=O)OCc1ccccc1. The highest BCUT2D eigenvalue weighted by molar-refractivity contribution is 5.54. The van der Waals surface area contributed by atoms with Crippen LogP contribution in [0.2, 0.25) is 0 Å². The van der Waals surface area contributed by atoms with Crippen LogP contribution in [0.1, 0.15) is 25.3 Å². The Hall–Kier alpha value is -4.04. The van der Waals surface area contributed by atoms with Gasteiger partial charge in [0, 0.05) is 37.6 Å². The van der Waals surface area contributed by atoms with Crippen LogP contribution in [0.3, 0.4) is 0 Å². The van der Waals surface area contributed by atoms with E-state index in [1.54, 1.807) is 23.0 Å². The number of ether oxygens (including phenoxy) is 1. The van der Waals surface area contributed by atoms with Crippen LogP contribution < -0.4 is 15.5 Å². The van der Waals surface area contributed by atoms with E-state index in [1.165, 1.54) is 4.68 Å². The Balaban J connectivity index is 1.20. The molecule has 0 amide bonds. The highest BCUT2D eigenvalue weighted by atomic mass is 16.5. The zero-order chi connectivity index (χ0) is 26.3. The standard InChI is InChI=1S/C30H35N5O3/c1-2-6-29(38-22-24-7-4-3-5-8-24)21-35-30(37)34(23-31-35)27-11-9-25(10-12-27)32-17-19-33(20-18-32)26-13-15-28(36)16-14-26/h3-5,7-16,23,29,36H,2,6,17-22H2,1H3. The fourth-order valence-corrected chi connectivity index (χ4v) is 4.88. The molecule has 8 nitrogen and oxygen atoms in total. The summed E-state index contributed by atoms with van der Waals surface area (Å²) in [5.74, 6) is 0.286. The first-order chi connectivity index (χ1) is 18.6. The van der Waals surface area contributed by atoms with Gasteiger partial charge in [0.2, 0.25) is 0 Å². The zero-order valence-corrected chi connectivity index (χ0v) is 21.8. The molecule has 0 aliphatic carbocycles. The lowest BCUT2D eigenvalue weighted by molar-refractivity contribution is 0.0204. The average Bonchev–Trinajstić information content (AvgIpc) is 3.32. The van der Waals surface area contributed by atoms with Gasteiger partial charge in [0.25, 0.3) is 0 Å². The fourth-order valence-electron chi connectivity index (χ4n) is 4.88. The van der Waals surface area contributed by atoms with Crippen molar-refractivity contribution >= 4 is 11.4 Å². The number of piperazine rings is 1. The van der Waals surface area contributed by atoms with E-state index in [0.717, 1.165) is 61.6 Å². The Morgan fingerprint density at radius 3 is 2.03 bits per heavy atom. The molecule has 1 aliphatic rings. The minimum Gasteiger partial charge on any atom is -0.508 e. The van der Waals surface area contributed by atoms with Crippen molar-refractivity contribution < 1.29 is 9.84 Å². The number of phenols is 1. The lowest BCUT2D eigenvalue weighted by Gasteiger charge is -2.37. The van der Waals surface area contributed by atoms with Crippen molar-refractivity contribution in [2.45, 2.75) is 39.0 Å². The van der Waals surface area contributed by atoms with Crippen molar-refractivity contribution in [2.24, 2.45) is 0 Å². The van der Waals surface area contributed by atoms with Gasteiger partial charge in [-0.05, 0) is 60.5 Å². The molecule has 198 valence electrons. The largest absolute Gasteiger partial charge is 0.508 e. The van der Waals surface area contributed by atoms with E-state index in [4.69, 9.17) is 4.74 Å². The van der Waals surface area contributed by atoms with Crippen LogP contribution in [0.5, 0.6) is 5.75 Å². The number of hydrogen-bond acceptors (Lipinski definition) is 6. The molecule has 1 N–H and O–H groups in total. The van der Waals surface area contributed by atoms with Crippen LogP contribution in [0.25, 0.3) is 5.69 Å². The average molecular weight is 514 g/mol. The minimum absolute atomic E-state index is 0.0797. The number of rotatable bonds is 10. The van der Waals surface area contributed by atoms with Crippen molar-refractivity contribution in [1.29, 1.82) is 0 Å². The molecule has 1 atom stereocenters. The van der Waals surface area contributed by atoms with Gasteiger partial charge >= 0.3 is 5.69 Å². The molecule has 1 unspecified atom stereocenters. The first kappa shape index (κ1) is 25.6. The third-order valence-corrected chi connectivity index (χ3v) is 7.04. The van der Waals surface area contributed by atoms with Crippen LogP contribution in [0, 0.1) is 0 Å². The molecule has 8 heteroatoms. The number of hydrogen-bond donors (Lipinski definition) is 1. The van der Waals surface area contributed by atoms with Crippen molar-refractivity contribution in [3.63, 3.8) is 0 Å². The van der Waals surface area contributed by atoms with E-state index in [9.17, 15) is 9.90 Å². The quantitative estimate of drug-likeness (QED) is 0.338. The summed E-state index contributed by atoms with van der Waals surface area (Å²) in [6, 6.07) is 25.5. The topological polar surface area (TPSA) is 75.8 Å². The normalized spacial score (nSPS) is 14.6. The van der Waals surface area contributed by atoms with Gasteiger partial charge in [-0.1, -0.05) is 43.7 Å². The fraction of sp³-hybridized carbons (Fsp3) is 0.333. The summed E-state index contributed by atoms with van der Waals surface area (Å²) in [5, 5.41) is 13.9. The van der Waals surface area contributed by atoms with Crippen LogP contribution in [-0.2, 0) is 17.9 Å². The maximum absolute atomic E-state index is 13.1. The Morgan fingerprint density at radius 2 is 1.42 bits per heavy atom. The van der Waals surface area contributed by atoms with Gasteiger partial charge in [-0.15, -0.1) is 0 Å². The molecule has 5 rings (SSSR count). The number of anilines is 2. The summed E-state index contributed by atoms with van der Waals surface area (Å²) in [4.78, 5) is 17.8. The highest BCUT2D eigenvalue weighted by Gasteiger charge is 2.18. The number of aromatic hydroxyl groups is 1. The molecule has 0 spiro atoms. The third kappa shape index (κ3) is 6.08. The van der Waals surface area contributed by atoms with Crippen LogP contribution in [0.4, 0.5) is 11.4 Å². The smallest absolute Gasteiger partial charge is 0.350 e. The molecule has 0 saturated carbocycles. The summed E-state index contributed by atoms with van der Waals surface area (Å²) in [5.41, 5.74) is 4.01.